The molecule has 6 aromatic rings. The van der Waals surface area contributed by atoms with Gasteiger partial charge >= 0.3 is 0 Å². The number of nitrogens with zero attached hydrogens (tertiary/aromatic N) is 2. The number of furan rings is 1. The second kappa shape index (κ2) is 8.21. The van der Waals surface area contributed by atoms with Gasteiger partial charge in [-0.05, 0) is 67.8 Å². The van der Waals surface area contributed by atoms with Crippen molar-refractivity contribution >= 4 is 27.6 Å². The van der Waals surface area contributed by atoms with Crippen molar-refractivity contribution in [3.8, 4) is 22.5 Å². The fourth-order valence-corrected chi connectivity index (χ4v) is 6.91. The minimum atomic E-state index is -0.293. The molecule has 8 rings (SSSR count). The third-order valence-corrected chi connectivity index (χ3v) is 8.62. The molecule has 4 heteroatoms. The largest absolute Gasteiger partial charge is 0.455 e. The van der Waals surface area contributed by atoms with E-state index in [0.717, 1.165) is 46.2 Å². The maximum atomic E-state index is 14.1. The van der Waals surface area contributed by atoms with E-state index in [2.05, 4.69) is 95.2 Å². The zero-order chi connectivity index (χ0) is 26.2. The average Bonchev–Trinajstić information content (AvgIpc) is 3.33. The van der Waals surface area contributed by atoms with E-state index in [0.29, 0.717) is 5.58 Å². The SMILES string of the molecule is C=C1C2C(CCc3ccc4c(oc5cc(F)ccc54)c3-c3cccc[n+]31)c1ccccc1-c1ccc(C)c[n+]12. The van der Waals surface area contributed by atoms with Gasteiger partial charge in [0.05, 0.1) is 11.5 Å². The minimum Gasteiger partial charge on any atom is -0.455 e. The van der Waals surface area contributed by atoms with Gasteiger partial charge in [0, 0.05) is 46.2 Å². The lowest BCUT2D eigenvalue weighted by Gasteiger charge is -2.29. The first-order valence-corrected chi connectivity index (χ1v) is 13.5. The molecule has 3 aromatic carbocycles. The summed E-state index contributed by atoms with van der Waals surface area (Å²) in [6.45, 7) is 6.91. The standard InChI is InChI=1S/C35H27FN2O/c1-21-10-17-30-26-8-4-3-7-25(26)28-14-11-23-12-15-29-27-16-13-24(36)19-32(27)39-35(29)33(23)31-9-5-6-18-37(31)22(2)34(28)38(30)20-21/h3-10,12-13,15-20,28,34H,2,11,14H2,1H3/q+2. The summed E-state index contributed by atoms with van der Waals surface area (Å²) in [5, 5.41) is 1.93. The van der Waals surface area contributed by atoms with Gasteiger partial charge in [-0.2, -0.15) is 9.13 Å². The predicted octanol–water partition coefficient (Wildman–Crippen LogP) is 7.70. The monoisotopic (exact) mass is 510 g/mol. The van der Waals surface area contributed by atoms with Crippen LogP contribution in [0.15, 0.2) is 108 Å². The zero-order valence-electron chi connectivity index (χ0n) is 21.7. The van der Waals surface area contributed by atoms with Crippen LogP contribution in [0.4, 0.5) is 4.39 Å². The highest BCUT2D eigenvalue weighted by atomic mass is 19.1. The van der Waals surface area contributed by atoms with Gasteiger partial charge in [-0.1, -0.05) is 30.3 Å². The van der Waals surface area contributed by atoms with Crippen LogP contribution in [0.5, 0.6) is 0 Å². The van der Waals surface area contributed by atoms with Crippen molar-refractivity contribution in [2.75, 3.05) is 0 Å². The van der Waals surface area contributed by atoms with Gasteiger partial charge in [0.15, 0.2) is 12.4 Å². The Hall–Kier alpha value is -4.57. The summed E-state index contributed by atoms with van der Waals surface area (Å²) in [5.74, 6) is -0.0434. The first kappa shape index (κ1) is 22.4. The van der Waals surface area contributed by atoms with Gasteiger partial charge in [-0.15, -0.1) is 0 Å². The molecule has 2 unspecified atom stereocenters. The molecule has 3 nitrogen and oxygen atoms in total. The van der Waals surface area contributed by atoms with Gasteiger partial charge < -0.3 is 4.42 Å². The van der Waals surface area contributed by atoms with Crippen molar-refractivity contribution in [3.05, 3.63) is 126 Å². The zero-order valence-corrected chi connectivity index (χ0v) is 21.7. The van der Waals surface area contributed by atoms with E-state index in [1.54, 1.807) is 0 Å². The van der Waals surface area contributed by atoms with Crippen molar-refractivity contribution < 1.29 is 17.9 Å². The third-order valence-electron chi connectivity index (χ3n) is 8.62. The predicted molar refractivity (Wildman–Crippen MR) is 152 cm³/mol. The summed E-state index contributed by atoms with van der Waals surface area (Å²) in [6, 6.07) is 28.8. The number of halogens is 1. The smallest absolute Gasteiger partial charge is 0.249 e. The van der Waals surface area contributed by atoms with Gasteiger partial charge in [0.2, 0.25) is 23.1 Å². The van der Waals surface area contributed by atoms with Crippen LogP contribution >= 0.6 is 0 Å². The molecular weight excluding hydrogens is 483 g/mol. The molecule has 0 N–H and O–H groups in total. The Labute approximate surface area is 226 Å². The summed E-state index contributed by atoms with van der Waals surface area (Å²) in [4.78, 5) is 0. The Morgan fingerprint density at radius 2 is 1.74 bits per heavy atom. The Kier molecular flexibility index (Phi) is 4.72. The fraction of sp³-hybridized carbons (Fsp3) is 0.143. The molecule has 2 atom stereocenters. The van der Waals surface area contributed by atoms with Crippen LogP contribution in [0, 0.1) is 12.7 Å². The van der Waals surface area contributed by atoms with Crippen molar-refractivity contribution in [2.45, 2.75) is 31.7 Å². The number of benzene rings is 3. The van der Waals surface area contributed by atoms with E-state index >= 15 is 0 Å². The molecule has 2 aliphatic rings. The molecule has 3 aromatic heterocycles. The summed E-state index contributed by atoms with van der Waals surface area (Å²) in [6.07, 6.45) is 6.23. The summed E-state index contributed by atoms with van der Waals surface area (Å²) in [7, 11) is 0. The topological polar surface area (TPSA) is 20.9 Å². The van der Waals surface area contributed by atoms with Crippen LogP contribution in [-0.4, -0.2) is 0 Å². The van der Waals surface area contributed by atoms with Crippen LogP contribution in [0.3, 0.4) is 0 Å². The van der Waals surface area contributed by atoms with Gasteiger partial charge in [-0.3, -0.25) is 0 Å². The lowest BCUT2D eigenvalue weighted by molar-refractivity contribution is -0.727. The lowest BCUT2D eigenvalue weighted by Crippen LogP contribution is -2.53. The van der Waals surface area contributed by atoms with E-state index in [1.165, 1.54) is 40.1 Å². The number of pyridine rings is 2. The molecule has 2 aliphatic heterocycles. The quantitative estimate of drug-likeness (QED) is 0.192. The van der Waals surface area contributed by atoms with Gasteiger partial charge in [0.25, 0.3) is 0 Å². The van der Waals surface area contributed by atoms with E-state index in [9.17, 15) is 4.39 Å². The summed E-state index contributed by atoms with van der Waals surface area (Å²) in [5.41, 5.74) is 10.8. The molecule has 0 bridgehead atoms. The van der Waals surface area contributed by atoms with Crippen LogP contribution in [0.1, 0.15) is 35.1 Å². The first-order valence-electron chi connectivity index (χ1n) is 13.5. The molecule has 5 heterocycles. The molecule has 39 heavy (non-hydrogen) atoms. The number of aryl methyl sites for hydroxylation is 2. The Morgan fingerprint density at radius 3 is 2.67 bits per heavy atom. The number of rotatable bonds is 0. The Morgan fingerprint density at radius 1 is 0.897 bits per heavy atom. The summed E-state index contributed by atoms with van der Waals surface area (Å²) >= 11 is 0. The Bertz CT molecular complexity index is 1980. The molecule has 0 amide bonds. The van der Waals surface area contributed by atoms with Crippen molar-refractivity contribution in [2.24, 2.45) is 0 Å². The fourth-order valence-electron chi connectivity index (χ4n) is 6.91. The van der Waals surface area contributed by atoms with Crippen molar-refractivity contribution in [1.82, 2.24) is 0 Å². The summed E-state index contributed by atoms with van der Waals surface area (Å²) < 4.78 is 25.2. The lowest BCUT2D eigenvalue weighted by atomic mass is 9.78. The maximum Gasteiger partial charge on any atom is 0.249 e. The second-order valence-corrected chi connectivity index (χ2v) is 10.8. The highest BCUT2D eigenvalue weighted by molar-refractivity contribution is 6.09. The van der Waals surface area contributed by atoms with Gasteiger partial charge in [-0.25, -0.2) is 4.39 Å². The Balaban J connectivity index is 1.43. The number of hydrogen-bond acceptors (Lipinski definition) is 1. The van der Waals surface area contributed by atoms with E-state index < -0.39 is 0 Å². The number of aromatic nitrogens is 2. The van der Waals surface area contributed by atoms with Crippen LogP contribution in [-0.2, 0) is 6.42 Å². The average molecular weight is 511 g/mol. The van der Waals surface area contributed by atoms with Crippen LogP contribution in [0.25, 0.3) is 50.2 Å². The number of fused-ring (bicyclic) bond motifs is 13. The first-order chi connectivity index (χ1) is 19.1. The normalized spacial score (nSPS) is 17.8. The molecule has 0 spiro atoms. The van der Waals surface area contributed by atoms with Crippen LogP contribution in [0.2, 0.25) is 0 Å². The van der Waals surface area contributed by atoms with Crippen molar-refractivity contribution in [1.29, 1.82) is 0 Å². The van der Waals surface area contributed by atoms with E-state index in [-0.39, 0.29) is 17.8 Å². The molecule has 0 saturated carbocycles. The molecule has 0 fully saturated rings. The molecule has 0 aliphatic carbocycles. The highest BCUT2D eigenvalue weighted by Crippen LogP contribution is 2.46. The number of hydrogen-bond donors (Lipinski definition) is 0. The van der Waals surface area contributed by atoms with Crippen molar-refractivity contribution in [3.63, 3.8) is 0 Å². The molecule has 0 saturated heterocycles. The molecular formula is C35H27FN2O+2. The third kappa shape index (κ3) is 3.21. The highest BCUT2D eigenvalue weighted by Gasteiger charge is 2.47. The van der Waals surface area contributed by atoms with Crippen LogP contribution < -0.4 is 9.13 Å². The van der Waals surface area contributed by atoms with E-state index in [4.69, 9.17) is 11.0 Å². The minimum absolute atomic E-state index is 0.0514. The van der Waals surface area contributed by atoms with Gasteiger partial charge in [0.1, 0.15) is 17.0 Å². The number of allylic oxidation sites excluding steroid dienone is 1. The second-order valence-electron chi connectivity index (χ2n) is 10.8. The van der Waals surface area contributed by atoms with E-state index in [1.807, 2.05) is 6.07 Å². The molecule has 188 valence electrons. The molecule has 0 radical (unpaired) electrons. The maximum absolute atomic E-state index is 14.1.